The molecular formula is C15H22N2O2. The maximum absolute atomic E-state index is 12.1. The first-order valence-corrected chi connectivity index (χ1v) is 6.96. The van der Waals surface area contributed by atoms with Crippen LogP contribution in [-0.2, 0) is 4.79 Å². The average Bonchev–Trinajstić information content (AvgIpc) is 2.69. The van der Waals surface area contributed by atoms with Crippen LogP contribution in [0.5, 0.6) is 5.75 Å². The van der Waals surface area contributed by atoms with Gasteiger partial charge in [0.25, 0.3) is 0 Å². The summed E-state index contributed by atoms with van der Waals surface area (Å²) in [6, 6.07) is 7.85. The topological polar surface area (TPSA) is 41.6 Å². The monoisotopic (exact) mass is 262 g/mol. The van der Waals surface area contributed by atoms with Gasteiger partial charge in [-0.05, 0) is 38.0 Å². The number of amides is 1. The van der Waals surface area contributed by atoms with Gasteiger partial charge in [-0.25, -0.2) is 0 Å². The summed E-state index contributed by atoms with van der Waals surface area (Å²) in [7, 11) is 0. The fourth-order valence-electron chi connectivity index (χ4n) is 2.44. The third kappa shape index (κ3) is 2.89. The van der Waals surface area contributed by atoms with Gasteiger partial charge in [0.2, 0.25) is 5.91 Å². The van der Waals surface area contributed by atoms with E-state index in [4.69, 9.17) is 4.74 Å². The van der Waals surface area contributed by atoms with E-state index in [0.29, 0.717) is 6.61 Å². The van der Waals surface area contributed by atoms with E-state index >= 15 is 0 Å². The van der Waals surface area contributed by atoms with Crippen molar-refractivity contribution in [1.29, 1.82) is 0 Å². The van der Waals surface area contributed by atoms with Gasteiger partial charge in [-0.2, -0.15) is 0 Å². The normalized spacial score (nSPS) is 22.9. The molecule has 0 bridgehead atoms. The predicted molar refractivity (Wildman–Crippen MR) is 75.0 cm³/mol. The van der Waals surface area contributed by atoms with Gasteiger partial charge in [-0.3, -0.25) is 10.1 Å². The third-order valence-corrected chi connectivity index (χ3v) is 3.34. The molecule has 0 spiro atoms. The number of ether oxygens (including phenoxy) is 1. The number of nitrogens with one attached hydrogen (secondary N) is 1. The molecule has 0 aromatic heterocycles. The van der Waals surface area contributed by atoms with Gasteiger partial charge in [0.1, 0.15) is 11.9 Å². The molecule has 4 heteroatoms. The van der Waals surface area contributed by atoms with E-state index in [1.54, 1.807) is 0 Å². The molecule has 1 saturated heterocycles. The van der Waals surface area contributed by atoms with Crippen molar-refractivity contribution in [2.75, 3.05) is 13.2 Å². The molecule has 1 heterocycles. The molecule has 1 fully saturated rings. The Kier molecular flexibility index (Phi) is 4.43. The Labute approximate surface area is 114 Å². The Balaban J connectivity index is 2.17. The van der Waals surface area contributed by atoms with E-state index in [2.05, 4.69) is 12.2 Å². The lowest BCUT2D eigenvalue weighted by molar-refractivity contribution is -0.129. The van der Waals surface area contributed by atoms with E-state index in [0.717, 1.165) is 24.3 Å². The third-order valence-electron chi connectivity index (χ3n) is 3.34. The van der Waals surface area contributed by atoms with Crippen molar-refractivity contribution in [3.05, 3.63) is 29.8 Å². The molecule has 1 aliphatic heterocycles. The number of nitrogens with zero attached hydrogens (tertiary/aromatic N) is 1. The summed E-state index contributed by atoms with van der Waals surface area (Å²) in [5, 5.41) is 3.34. The lowest BCUT2D eigenvalue weighted by Crippen LogP contribution is -2.31. The summed E-state index contributed by atoms with van der Waals surface area (Å²) in [5.41, 5.74) is 1.11. The van der Waals surface area contributed by atoms with Crippen LogP contribution >= 0.6 is 0 Å². The number of hydrogen-bond donors (Lipinski definition) is 1. The molecule has 2 rings (SSSR count). The molecule has 1 aromatic rings. The van der Waals surface area contributed by atoms with Gasteiger partial charge in [0, 0.05) is 6.54 Å². The van der Waals surface area contributed by atoms with Crippen LogP contribution in [0.25, 0.3) is 0 Å². The largest absolute Gasteiger partial charge is 0.494 e. The highest BCUT2D eigenvalue weighted by Crippen LogP contribution is 2.26. The second-order valence-electron chi connectivity index (χ2n) is 4.82. The zero-order valence-electron chi connectivity index (χ0n) is 11.8. The van der Waals surface area contributed by atoms with Crippen molar-refractivity contribution in [3.63, 3.8) is 0 Å². The van der Waals surface area contributed by atoms with Crippen LogP contribution in [0.4, 0.5) is 0 Å². The van der Waals surface area contributed by atoms with Crippen molar-refractivity contribution in [1.82, 2.24) is 10.2 Å². The second kappa shape index (κ2) is 6.06. The van der Waals surface area contributed by atoms with Crippen LogP contribution in [0.1, 0.15) is 38.9 Å². The molecule has 1 amide bonds. The average molecular weight is 262 g/mol. The zero-order chi connectivity index (χ0) is 13.8. The molecule has 0 radical (unpaired) electrons. The van der Waals surface area contributed by atoms with Crippen molar-refractivity contribution < 1.29 is 9.53 Å². The van der Waals surface area contributed by atoms with Gasteiger partial charge in [0.05, 0.1) is 12.6 Å². The molecule has 2 unspecified atom stereocenters. The first-order valence-electron chi connectivity index (χ1n) is 6.96. The predicted octanol–water partition coefficient (Wildman–Crippen LogP) is 2.31. The summed E-state index contributed by atoms with van der Waals surface area (Å²) < 4.78 is 5.44. The lowest BCUT2D eigenvalue weighted by Gasteiger charge is -2.24. The van der Waals surface area contributed by atoms with Gasteiger partial charge < -0.3 is 9.64 Å². The summed E-state index contributed by atoms with van der Waals surface area (Å²) >= 11 is 0. The summed E-state index contributed by atoms with van der Waals surface area (Å²) in [4.78, 5) is 14.0. The van der Waals surface area contributed by atoms with Crippen LogP contribution in [0, 0.1) is 0 Å². The fraction of sp³-hybridized carbons (Fsp3) is 0.533. The molecule has 1 N–H and O–H groups in total. The second-order valence-corrected chi connectivity index (χ2v) is 4.82. The van der Waals surface area contributed by atoms with Crippen LogP contribution < -0.4 is 10.1 Å². The van der Waals surface area contributed by atoms with Gasteiger partial charge in [0.15, 0.2) is 0 Å². The van der Waals surface area contributed by atoms with Crippen molar-refractivity contribution >= 4 is 5.91 Å². The molecule has 0 aliphatic carbocycles. The number of hydrogen-bond acceptors (Lipinski definition) is 3. The molecule has 0 saturated carbocycles. The zero-order valence-corrected chi connectivity index (χ0v) is 11.8. The Bertz CT molecular complexity index is 430. The van der Waals surface area contributed by atoms with E-state index in [-0.39, 0.29) is 18.1 Å². The number of carbonyl (C=O) groups is 1. The van der Waals surface area contributed by atoms with Crippen molar-refractivity contribution in [2.45, 2.75) is 39.4 Å². The standard InChI is InChI=1S/C15H22N2O2/c1-4-10-17-14(16-11(3)15(17)18)12-6-8-13(9-7-12)19-5-2/h6-9,11,14,16H,4-5,10H2,1-3H3. The summed E-state index contributed by atoms with van der Waals surface area (Å²) in [5.74, 6) is 1.05. The molecular weight excluding hydrogens is 240 g/mol. The number of benzene rings is 1. The molecule has 1 aliphatic rings. The molecule has 2 atom stereocenters. The van der Waals surface area contributed by atoms with Crippen molar-refractivity contribution in [2.24, 2.45) is 0 Å². The Morgan fingerprint density at radius 3 is 2.53 bits per heavy atom. The number of carbonyl (C=O) groups excluding carboxylic acids is 1. The van der Waals surface area contributed by atoms with E-state index in [1.807, 2.05) is 43.0 Å². The Morgan fingerprint density at radius 2 is 1.95 bits per heavy atom. The van der Waals surface area contributed by atoms with E-state index in [9.17, 15) is 4.79 Å². The first-order chi connectivity index (χ1) is 9.17. The van der Waals surface area contributed by atoms with Crippen LogP contribution in [0.2, 0.25) is 0 Å². The van der Waals surface area contributed by atoms with Gasteiger partial charge in [-0.1, -0.05) is 19.1 Å². The Morgan fingerprint density at radius 1 is 1.26 bits per heavy atom. The maximum Gasteiger partial charge on any atom is 0.241 e. The fourth-order valence-corrected chi connectivity index (χ4v) is 2.44. The van der Waals surface area contributed by atoms with Crippen LogP contribution in [0.3, 0.4) is 0 Å². The van der Waals surface area contributed by atoms with Crippen LogP contribution in [0.15, 0.2) is 24.3 Å². The highest BCUT2D eigenvalue weighted by atomic mass is 16.5. The highest BCUT2D eigenvalue weighted by molar-refractivity contribution is 5.84. The minimum absolute atomic E-state index is 0.0156. The SMILES string of the molecule is CCCN1C(=O)C(C)NC1c1ccc(OCC)cc1. The minimum atomic E-state index is -0.108. The van der Waals surface area contributed by atoms with Gasteiger partial charge >= 0.3 is 0 Å². The minimum Gasteiger partial charge on any atom is -0.494 e. The van der Waals surface area contributed by atoms with Crippen LogP contribution in [-0.4, -0.2) is 30.0 Å². The Hall–Kier alpha value is -1.55. The highest BCUT2D eigenvalue weighted by Gasteiger charge is 2.36. The first kappa shape index (κ1) is 13.9. The molecule has 1 aromatic carbocycles. The molecule has 104 valence electrons. The van der Waals surface area contributed by atoms with Gasteiger partial charge in [-0.15, -0.1) is 0 Å². The lowest BCUT2D eigenvalue weighted by atomic mass is 10.1. The number of rotatable bonds is 5. The maximum atomic E-state index is 12.1. The quantitative estimate of drug-likeness (QED) is 0.885. The summed E-state index contributed by atoms with van der Waals surface area (Å²) in [6.07, 6.45) is 0.950. The van der Waals surface area contributed by atoms with E-state index < -0.39 is 0 Å². The molecule has 4 nitrogen and oxygen atoms in total. The van der Waals surface area contributed by atoms with E-state index in [1.165, 1.54) is 0 Å². The smallest absolute Gasteiger partial charge is 0.241 e. The summed E-state index contributed by atoms with van der Waals surface area (Å²) in [6.45, 7) is 7.42. The van der Waals surface area contributed by atoms with Crippen molar-refractivity contribution in [3.8, 4) is 5.75 Å². The molecule has 19 heavy (non-hydrogen) atoms.